The normalized spacial score (nSPS) is 16.1. The first-order valence-corrected chi connectivity index (χ1v) is 11.7. The third kappa shape index (κ3) is 6.10. The lowest BCUT2D eigenvalue weighted by atomic mass is 10.1. The van der Waals surface area contributed by atoms with Crippen LogP contribution in [0.4, 0.5) is 4.39 Å². The summed E-state index contributed by atoms with van der Waals surface area (Å²) in [5.74, 6) is -1.32. The first kappa shape index (κ1) is 23.3. The third-order valence-corrected chi connectivity index (χ3v) is 7.19. The third-order valence-electron chi connectivity index (χ3n) is 5.44. The molecule has 1 saturated heterocycles. The van der Waals surface area contributed by atoms with E-state index >= 15 is 0 Å². The van der Waals surface area contributed by atoms with Gasteiger partial charge in [-0.2, -0.15) is 0 Å². The van der Waals surface area contributed by atoms with E-state index in [1.165, 1.54) is 19.2 Å². The summed E-state index contributed by atoms with van der Waals surface area (Å²) in [5, 5.41) is 2.52. The lowest BCUT2D eigenvalue weighted by Gasteiger charge is -2.27. The molecule has 2 aromatic rings. The van der Waals surface area contributed by atoms with Crippen molar-refractivity contribution in [2.75, 3.05) is 33.3 Å². The minimum atomic E-state index is -3.74. The Morgan fingerprint density at radius 2 is 1.97 bits per heavy atom. The molecule has 0 saturated carbocycles. The lowest BCUT2D eigenvalue weighted by molar-refractivity contribution is 0.0600. The van der Waals surface area contributed by atoms with Gasteiger partial charge in [-0.25, -0.2) is 22.3 Å². The number of sulfonamides is 1. The second-order valence-corrected chi connectivity index (χ2v) is 9.66. The molecule has 7 nitrogen and oxygen atoms in total. The van der Waals surface area contributed by atoms with Crippen LogP contribution in [-0.4, -0.2) is 52.6 Å². The maximum atomic E-state index is 14.3. The Bertz CT molecular complexity index is 1020. The molecule has 31 heavy (non-hydrogen) atoms. The molecule has 0 spiro atoms. The van der Waals surface area contributed by atoms with Gasteiger partial charge in [-0.15, -0.1) is 0 Å². The van der Waals surface area contributed by atoms with Gasteiger partial charge in [-0.1, -0.05) is 30.3 Å². The van der Waals surface area contributed by atoms with Crippen molar-refractivity contribution in [2.45, 2.75) is 25.3 Å². The number of ether oxygens (including phenoxy) is 1. The SMILES string of the molecule is COC(=O)c1ccc(CNS(=O)(=O)C(C)c2cccc(CN3CCNCC3)c2)c(F)c1. The van der Waals surface area contributed by atoms with Crippen molar-refractivity contribution in [1.82, 2.24) is 14.9 Å². The van der Waals surface area contributed by atoms with Crippen LogP contribution in [0.2, 0.25) is 0 Å². The number of esters is 1. The van der Waals surface area contributed by atoms with E-state index in [9.17, 15) is 17.6 Å². The van der Waals surface area contributed by atoms with Crippen LogP contribution in [0.1, 0.15) is 39.2 Å². The zero-order valence-electron chi connectivity index (χ0n) is 17.7. The quantitative estimate of drug-likeness (QED) is 0.601. The van der Waals surface area contributed by atoms with E-state index in [1.54, 1.807) is 13.0 Å². The van der Waals surface area contributed by atoms with Gasteiger partial charge in [0.15, 0.2) is 0 Å². The van der Waals surface area contributed by atoms with Crippen molar-refractivity contribution in [1.29, 1.82) is 0 Å². The van der Waals surface area contributed by atoms with Crippen molar-refractivity contribution in [2.24, 2.45) is 0 Å². The van der Waals surface area contributed by atoms with Crippen molar-refractivity contribution in [3.8, 4) is 0 Å². The molecular weight excluding hydrogens is 421 g/mol. The summed E-state index contributed by atoms with van der Waals surface area (Å²) in [6.45, 7) is 5.99. The summed E-state index contributed by atoms with van der Waals surface area (Å²) >= 11 is 0. The van der Waals surface area contributed by atoms with Crippen LogP contribution in [0.25, 0.3) is 0 Å². The van der Waals surface area contributed by atoms with Crippen LogP contribution in [0.3, 0.4) is 0 Å². The average molecular weight is 450 g/mol. The number of rotatable bonds is 8. The van der Waals surface area contributed by atoms with Gasteiger partial charge in [-0.3, -0.25) is 4.90 Å². The van der Waals surface area contributed by atoms with Gasteiger partial charge in [-0.05, 0) is 30.2 Å². The minimum absolute atomic E-state index is 0.0706. The summed E-state index contributed by atoms with van der Waals surface area (Å²) in [7, 11) is -2.53. The molecule has 0 radical (unpaired) electrons. The zero-order chi connectivity index (χ0) is 22.4. The predicted octanol–water partition coefficient (Wildman–Crippen LogP) is 2.20. The molecule has 0 aromatic heterocycles. The molecule has 0 bridgehead atoms. The highest BCUT2D eigenvalue weighted by Gasteiger charge is 2.23. The first-order valence-electron chi connectivity index (χ1n) is 10.2. The standard InChI is InChI=1S/C22H28FN3O4S/c1-16(18-5-3-4-17(12-18)15-26-10-8-24-9-11-26)31(28,29)25-14-20-7-6-19(13-21(20)23)22(27)30-2/h3-7,12-13,16,24-25H,8-11,14-15H2,1-2H3. The van der Waals surface area contributed by atoms with Gasteiger partial charge in [0.1, 0.15) is 5.82 Å². The molecule has 1 atom stereocenters. The molecule has 0 aliphatic carbocycles. The molecule has 168 valence electrons. The number of nitrogens with one attached hydrogen (secondary N) is 2. The Kier molecular flexibility index (Phi) is 7.77. The number of nitrogens with zero attached hydrogens (tertiary/aromatic N) is 1. The number of carbonyl (C=O) groups is 1. The number of piperazine rings is 1. The fourth-order valence-electron chi connectivity index (χ4n) is 3.49. The number of benzene rings is 2. The summed E-state index contributed by atoms with van der Waals surface area (Å²) in [6, 6.07) is 11.4. The maximum Gasteiger partial charge on any atom is 0.337 e. The van der Waals surface area contributed by atoms with Gasteiger partial charge < -0.3 is 10.1 Å². The Balaban J connectivity index is 1.66. The Morgan fingerprint density at radius 3 is 2.65 bits per heavy atom. The molecule has 9 heteroatoms. The number of hydrogen-bond acceptors (Lipinski definition) is 6. The van der Waals surface area contributed by atoms with Crippen LogP contribution < -0.4 is 10.0 Å². The lowest BCUT2D eigenvalue weighted by Crippen LogP contribution is -2.42. The highest BCUT2D eigenvalue weighted by atomic mass is 32.2. The van der Waals surface area contributed by atoms with Crippen molar-refractivity contribution in [3.05, 3.63) is 70.5 Å². The van der Waals surface area contributed by atoms with E-state index < -0.39 is 27.1 Å². The fourth-order valence-corrected chi connectivity index (χ4v) is 4.60. The Labute approximate surface area is 182 Å². The van der Waals surface area contributed by atoms with Crippen LogP contribution in [0, 0.1) is 5.82 Å². The molecular formula is C22H28FN3O4S. The van der Waals surface area contributed by atoms with E-state index in [-0.39, 0.29) is 17.7 Å². The summed E-state index contributed by atoms with van der Waals surface area (Å²) in [4.78, 5) is 13.8. The van der Waals surface area contributed by atoms with Gasteiger partial charge in [0, 0.05) is 44.8 Å². The average Bonchev–Trinajstić information content (AvgIpc) is 2.78. The minimum Gasteiger partial charge on any atom is -0.465 e. The topological polar surface area (TPSA) is 87.7 Å². The predicted molar refractivity (Wildman–Crippen MR) is 117 cm³/mol. The molecule has 1 unspecified atom stereocenters. The molecule has 1 aliphatic rings. The molecule has 2 aromatic carbocycles. The van der Waals surface area contributed by atoms with Crippen molar-refractivity contribution < 1.29 is 22.3 Å². The smallest absolute Gasteiger partial charge is 0.337 e. The van der Waals surface area contributed by atoms with Crippen LogP contribution in [-0.2, 0) is 27.8 Å². The van der Waals surface area contributed by atoms with Crippen LogP contribution in [0.5, 0.6) is 0 Å². The molecule has 2 N–H and O–H groups in total. The number of carbonyl (C=O) groups excluding carboxylic acids is 1. The maximum absolute atomic E-state index is 14.3. The highest BCUT2D eigenvalue weighted by Crippen LogP contribution is 2.23. The summed E-state index contributed by atoms with van der Waals surface area (Å²) in [6.07, 6.45) is 0. The monoisotopic (exact) mass is 449 g/mol. The molecule has 1 aliphatic heterocycles. The van der Waals surface area contributed by atoms with E-state index in [0.717, 1.165) is 44.4 Å². The van der Waals surface area contributed by atoms with Gasteiger partial charge in [0.25, 0.3) is 0 Å². The van der Waals surface area contributed by atoms with E-state index in [0.29, 0.717) is 5.56 Å². The molecule has 3 rings (SSSR count). The van der Waals surface area contributed by atoms with E-state index in [1.807, 2.05) is 18.2 Å². The molecule has 1 heterocycles. The summed E-state index contributed by atoms with van der Waals surface area (Å²) in [5.41, 5.74) is 1.96. The first-order chi connectivity index (χ1) is 14.8. The van der Waals surface area contributed by atoms with E-state index in [4.69, 9.17) is 0 Å². The van der Waals surface area contributed by atoms with Gasteiger partial charge in [0.2, 0.25) is 10.0 Å². The van der Waals surface area contributed by atoms with E-state index in [2.05, 4.69) is 19.7 Å². The Morgan fingerprint density at radius 1 is 1.23 bits per heavy atom. The largest absolute Gasteiger partial charge is 0.465 e. The van der Waals surface area contributed by atoms with Crippen LogP contribution in [0.15, 0.2) is 42.5 Å². The van der Waals surface area contributed by atoms with Crippen molar-refractivity contribution >= 4 is 16.0 Å². The van der Waals surface area contributed by atoms with Crippen LogP contribution >= 0.6 is 0 Å². The fraction of sp³-hybridized carbons (Fsp3) is 0.409. The number of methoxy groups -OCH3 is 1. The number of halogens is 1. The van der Waals surface area contributed by atoms with Gasteiger partial charge >= 0.3 is 5.97 Å². The zero-order valence-corrected chi connectivity index (χ0v) is 18.5. The highest BCUT2D eigenvalue weighted by molar-refractivity contribution is 7.89. The molecule has 1 fully saturated rings. The second-order valence-electron chi connectivity index (χ2n) is 7.58. The van der Waals surface area contributed by atoms with Crippen molar-refractivity contribution in [3.63, 3.8) is 0 Å². The second kappa shape index (κ2) is 10.3. The summed E-state index contributed by atoms with van der Waals surface area (Å²) < 4.78 is 46.9. The molecule has 0 amide bonds. The Hall–Kier alpha value is -2.33. The number of hydrogen-bond donors (Lipinski definition) is 2. The van der Waals surface area contributed by atoms with Gasteiger partial charge in [0.05, 0.1) is 17.9 Å².